The minimum atomic E-state index is -0.791. The van der Waals surface area contributed by atoms with Gasteiger partial charge in [0.2, 0.25) is 0 Å². The summed E-state index contributed by atoms with van der Waals surface area (Å²) in [4.78, 5) is 11.3. The molecule has 0 aromatic heterocycles. The lowest BCUT2D eigenvalue weighted by Crippen LogP contribution is -2.30. The van der Waals surface area contributed by atoms with Crippen LogP contribution in [0.1, 0.15) is 35.6 Å². The number of aliphatic carboxylic acids is 1. The number of ether oxygens (including phenoxy) is 1. The maximum atomic E-state index is 11.3. The second-order valence-electron chi connectivity index (χ2n) is 5.13. The first-order valence-corrected chi connectivity index (χ1v) is 6.06. The normalized spacial score (nSPS) is 18.2. The maximum Gasteiger partial charge on any atom is 0.311 e. The molecule has 0 heterocycles. The fourth-order valence-corrected chi connectivity index (χ4v) is 2.60. The van der Waals surface area contributed by atoms with E-state index in [1.165, 1.54) is 0 Å². The van der Waals surface area contributed by atoms with Crippen LogP contribution in [0.4, 0.5) is 0 Å². The first kappa shape index (κ1) is 12.9. The summed E-state index contributed by atoms with van der Waals surface area (Å²) in [6.07, 6.45) is 1.32. The third kappa shape index (κ3) is 1.86. The summed E-state index contributed by atoms with van der Waals surface area (Å²) >= 11 is 0. The number of rotatable bonds is 4. The van der Waals surface area contributed by atoms with E-state index in [1.54, 1.807) is 7.11 Å². The second-order valence-corrected chi connectivity index (χ2v) is 5.13. The lowest BCUT2D eigenvalue weighted by molar-refractivity contribution is -0.144. The highest BCUT2D eigenvalue weighted by Gasteiger charge is 2.55. The van der Waals surface area contributed by atoms with Crippen molar-refractivity contribution in [3.63, 3.8) is 0 Å². The number of methoxy groups -OCH3 is 1. The molecule has 0 bridgehead atoms. The largest absolute Gasteiger partial charge is 0.496 e. The zero-order valence-corrected chi connectivity index (χ0v) is 11.0. The Morgan fingerprint density at radius 1 is 1.39 bits per heavy atom. The third-order valence-corrected chi connectivity index (χ3v) is 3.86. The van der Waals surface area contributed by atoms with Gasteiger partial charge in [-0.2, -0.15) is 0 Å². The minimum Gasteiger partial charge on any atom is -0.496 e. The zero-order valence-electron chi connectivity index (χ0n) is 11.0. The van der Waals surface area contributed by atoms with E-state index in [0.29, 0.717) is 12.8 Å². The van der Waals surface area contributed by atoms with Crippen LogP contribution in [-0.2, 0) is 4.79 Å². The molecule has 0 saturated heterocycles. The molecule has 2 rings (SSSR count). The molecule has 0 amide bonds. The highest BCUT2D eigenvalue weighted by molar-refractivity contribution is 5.79. The molecule has 0 aliphatic heterocycles. The molecule has 4 heteroatoms. The predicted octanol–water partition coefficient (Wildman–Crippen LogP) is 2.18. The number of benzene rings is 1. The van der Waals surface area contributed by atoms with Crippen molar-refractivity contribution in [1.29, 1.82) is 0 Å². The molecule has 18 heavy (non-hydrogen) atoms. The van der Waals surface area contributed by atoms with E-state index < -0.39 is 17.4 Å². The fourth-order valence-electron chi connectivity index (χ4n) is 2.60. The van der Waals surface area contributed by atoms with Crippen LogP contribution in [0.3, 0.4) is 0 Å². The lowest BCUT2D eigenvalue weighted by atomic mass is 9.89. The van der Waals surface area contributed by atoms with E-state index in [0.717, 1.165) is 22.4 Å². The molecule has 1 saturated carbocycles. The number of aryl methyl sites for hydroxylation is 2. The van der Waals surface area contributed by atoms with Crippen molar-refractivity contribution in [2.75, 3.05) is 7.11 Å². The average Bonchev–Trinajstić information content (AvgIpc) is 3.08. The fraction of sp³-hybridized carbons (Fsp3) is 0.500. The van der Waals surface area contributed by atoms with Gasteiger partial charge in [0.05, 0.1) is 12.5 Å². The maximum absolute atomic E-state index is 11.3. The predicted molar refractivity (Wildman–Crippen MR) is 68.7 cm³/mol. The smallest absolute Gasteiger partial charge is 0.311 e. The monoisotopic (exact) mass is 249 g/mol. The van der Waals surface area contributed by atoms with E-state index >= 15 is 0 Å². The molecule has 1 fully saturated rings. The van der Waals surface area contributed by atoms with Crippen molar-refractivity contribution in [2.45, 2.75) is 32.7 Å². The first-order chi connectivity index (χ1) is 8.42. The van der Waals surface area contributed by atoms with E-state index in [-0.39, 0.29) is 0 Å². The van der Waals surface area contributed by atoms with Gasteiger partial charge in [-0.25, -0.2) is 0 Å². The van der Waals surface area contributed by atoms with Crippen LogP contribution < -0.4 is 10.5 Å². The van der Waals surface area contributed by atoms with E-state index in [1.807, 2.05) is 26.0 Å². The molecule has 4 nitrogen and oxygen atoms in total. The second kappa shape index (κ2) is 4.28. The lowest BCUT2D eigenvalue weighted by Gasteiger charge is -2.21. The van der Waals surface area contributed by atoms with Crippen LogP contribution >= 0.6 is 0 Å². The molecular weight excluding hydrogens is 230 g/mol. The molecule has 98 valence electrons. The van der Waals surface area contributed by atoms with Crippen molar-refractivity contribution in [3.05, 3.63) is 28.8 Å². The van der Waals surface area contributed by atoms with Gasteiger partial charge in [-0.3, -0.25) is 4.79 Å². The first-order valence-electron chi connectivity index (χ1n) is 6.06. The van der Waals surface area contributed by atoms with Gasteiger partial charge >= 0.3 is 5.97 Å². The number of carbonyl (C=O) groups is 1. The van der Waals surface area contributed by atoms with Crippen LogP contribution in [-0.4, -0.2) is 18.2 Å². The highest BCUT2D eigenvalue weighted by atomic mass is 16.5. The average molecular weight is 249 g/mol. The Kier molecular flexibility index (Phi) is 3.07. The number of nitrogens with two attached hydrogens (primary N) is 1. The van der Waals surface area contributed by atoms with E-state index in [4.69, 9.17) is 10.5 Å². The molecule has 1 aliphatic rings. The molecule has 1 aliphatic carbocycles. The molecule has 0 radical (unpaired) electrons. The molecule has 0 spiro atoms. The van der Waals surface area contributed by atoms with Crippen molar-refractivity contribution in [1.82, 2.24) is 0 Å². The van der Waals surface area contributed by atoms with Crippen LogP contribution in [0.2, 0.25) is 0 Å². The van der Waals surface area contributed by atoms with Crippen LogP contribution in [0.5, 0.6) is 5.75 Å². The van der Waals surface area contributed by atoms with Gasteiger partial charge in [-0.05, 0) is 43.4 Å². The molecule has 3 N–H and O–H groups in total. The highest BCUT2D eigenvalue weighted by Crippen LogP contribution is 2.54. The van der Waals surface area contributed by atoms with E-state index in [2.05, 4.69) is 0 Å². The number of hydrogen-bond donors (Lipinski definition) is 2. The van der Waals surface area contributed by atoms with Crippen molar-refractivity contribution < 1.29 is 14.6 Å². The Balaban J connectivity index is 2.38. The molecule has 1 unspecified atom stereocenters. The summed E-state index contributed by atoms with van der Waals surface area (Å²) < 4.78 is 5.30. The number of carboxylic acids is 1. The Bertz CT molecular complexity index is 469. The van der Waals surface area contributed by atoms with Gasteiger partial charge in [-0.15, -0.1) is 0 Å². The van der Waals surface area contributed by atoms with Gasteiger partial charge in [0.15, 0.2) is 0 Å². The summed E-state index contributed by atoms with van der Waals surface area (Å²) in [7, 11) is 1.63. The summed E-state index contributed by atoms with van der Waals surface area (Å²) in [5.41, 5.74) is 8.25. The van der Waals surface area contributed by atoms with E-state index in [9.17, 15) is 9.90 Å². The van der Waals surface area contributed by atoms with Gasteiger partial charge < -0.3 is 15.6 Å². The van der Waals surface area contributed by atoms with Crippen molar-refractivity contribution >= 4 is 5.97 Å². The quantitative estimate of drug-likeness (QED) is 0.857. The SMILES string of the molecule is COc1c(C)cc(C(N)C2(C(=O)O)CC2)cc1C. The standard InChI is InChI=1S/C14H19NO3/c1-8-6-10(7-9(2)11(8)18-3)12(15)14(4-5-14)13(16)17/h6-7,12H,4-5,15H2,1-3H3,(H,16,17). The van der Waals surface area contributed by atoms with Crippen molar-refractivity contribution in [2.24, 2.45) is 11.1 Å². The van der Waals surface area contributed by atoms with Crippen LogP contribution in [0.25, 0.3) is 0 Å². The summed E-state index contributed by atoms with van der Waals surface area (Å²) in [6.45, 7) is 3.89. The Labute approximate surface area is 107 Å². The topological polar surface area (TPSA) is 72.5 Å². The van der Waals surface area contributed by atoms with Crippen molar-refractivity contribution in [3.8, 4) is 5.75 Å². The Morgan fingerprint density at radius 2 is 1.89 bits per heavy atom. The summed E-state index contributed by atoms with van der Waals surface area (Å²) in [5.74, 6) is 0.0484. The Morgan fingerprint density at radius 3 is 2.22 bits per heavy atom. The minimum absolute atomic E-state index is 0.446. The summed E-state index contributed by atoms with van der Waals surface area (Å²) in [6, 6.07) is 3.41. The Hall–Kier alpha value is -1.55. The van der Waals surface area contributed by atoms with Crippen LogP contribution in [0, 0.1) is 19.3 Å². The third-order valence-electron chi connectivity index (χ3n) is 3.86. The molecule has 1 aromatic carbocycles. The van der Waals surface area contributed by atoms with Gasteiger partial charge in [0, 0.05) is 6.04 Å². The zero-order chi connectivity index (χ0) is 13.5. The summed E-state index contributed by atoms with van der Waals surface area (Å²) in [5, 5.41) is 9.27. The van der Waals surface area contributed by atoms with Gasteiger partial charge in [0.1, 0.15) is 5.75 Å². The van der Waals surface area contributed by atoms with Gasteiger partial charge in [-0.1, -0.05) is 12.1 Å². The molecule has 1 atom stereocenters. The number of carboxylic acid groups (broad SMARTS) is 1. The van der Waals surface area contributed by atoms with Crippen LogP contribution in [0.15, 0.2) is 12.1 Å². The molecule has 1 aromatic rings. The molecular formula is C14H19NO3. The number of hydrogen-bond acceptors (Lipinski definition) is 3. The van der Waals surface area contributed by atoms with Gasteiger partial charge in [0.25, 0.3) is 0 Å².